The number of carbonyl (C=O) groups excluding carboxylic acids is 2. The maximum atomic E-state index is 13.8. The van der Waals surface area contributed by atoms with Crippen molar-refractivity contribution < 1.29 is 9.59 Å². The van der Waals surface area contributed by atoms with Crippen LogP contribution in [0, 0.1) is 0 Å². The van der Waals surface area contributed by atoms with E-state index in [9.17, 15) is 9.59 Å². The summed E-state index contributed by atoms with van der Waals surface area (Å²) in [6, 6.07) is 12.3. The molecule has 3 aromatic rings. The molecule has 5 rings (SSSR count). The highest BCUT2D eigenvalue weighted by atomic mass is 32.1. The zero-order valence-corrected chi connectivity index (χ0v) is 19.9. The van der Waals surface area contributed by atoms with Gasteiger partial charge in [-0.3, -0.25) is 14.5 Å². The van der Waals surface area contributed by atoms with E-state index in [-0.39, 0.29) is 17.9 Å². The number of nitrogens with one attached hydrogen (secondary N) is 1. The number of carbonyl (C=O) groups is 2. The number of rotatable bonds is 4. The summed E-state index contributed by atoms with van der Waals surface area (Å²) in [5, 5.41) is 5.34. The highest BCUT2D eigenvalue weighted by Gasteiger charge is 2.49. The predicted molar refractivity (Wildman–Crippen MR) is 131 cm³/mol. The Morgan fingerprint density at radius 3 is 2.53 bits per heavy atom. The first-order valence-electron chi connectivity index (χ1n) is 11.7. The minimum absolute atomic E-state index is 0.0617. The Hall–Kier alpha value is -2.60. The Morgan fingerprint density at radius 2 is 1.84 bits per heavy atom. The first kappa shape index (κ1) is 21.3. The van der Waals surface area contributed by atoms with Crippen LogP contribution >= 0.6 is 11.3 Å². The summed E-state index contributed by atoms with van der Waals surface area (Å²) in [4.78, 5) is 29.4. The molecule has 6 heteroatoms. The third-order valence-corrected chi connectivity index (χ3v) is 8.01. The van der Waals surface area contributed by atoms with E-state index in [1.165, 1.54) is 12.0 Å². The Balaban J connectivity index is 1.57. The van der Waals surface area contributed by atoms with Gasteiger partial charge in [-0.05, 0) is 60.9 Å². The fraction of sp³-hybridized carbons (Fsp3) is 0.462. The molecule has 2 aliphatic rings. The lowest BCUT2D eigenvalue weighted by Gasteiger charge is -2.44. The Kier molecular flexibility index (Phi) is 5.36. The number of nitrogens with zero attached hydrogens (tertiary/aromatic N) is 2. The summed E-state index contributed by atoms with van der Waals surface area (Å²) in [6.07, 6.45) is 5.57. The predicted octanol–water partition coefficient (Wildman–Crippen LogP) is 5.69. The van der Waals surface area contributed by atoms with Gasteiger partial charge in [0.25, 0.3) is 5.91 Å². The molecule has 0 spiro atoms. The van der Waals surface area contributed by atoms with Crippen molar-refractivity contribution in [3.05, 3.63) is 53.0 Å². The summed E-state index contributed by atoms with van der Waals surface area (Å²) in [5.41, 5.74) is 2.67. The fourth-order valence-electron chi connectivity index (χ4n) is 5.21. The van der Waals surface area contributed by atoms with E-state index < -0.39 is 5.54 Å². The monoisotopic (exact) mass is 449 g/mol. The van der Waals surface area contributed by atoms with Crippen molar-refractivity contribution in [2.75, 3.05) is 4.90 Å². The number of benzene rings is 1. The number of hydrogen-bond donors (Lipinski definition) is 1. The number of amides is 2. The van der Waals surface area contributed by atoms with E-state index >= 15 is 0 Å². The molecule has 0 bridgehead atoms. The highest BCUT2D eigenvalue weighted by Crippen LogP contribution is 2.38. The quantitative estimate of drug-likeness (QED) is 0.556. The molecule has 1 fully saturated rings. The van der Waals surface area contributed by atoms with Crippen LogP contribution in [0.5, 0.6) is 0 Å². The lowest BCUT2D eigenvalue weighted by molar-refractivity contribution is -0.127. The number of thiophene rings is 1. The van der Waals surface area contributed by atoms with Crippen LogP contribution in [0.3, 0.4) is 0 Å². The second kappa shape index (κ2) is 8.07. The lowest BCUT2D eigenvalue weighted by atomic mass is 9.90. The fourth-order valence-corrected chi connectivity index (χ4v) is 6.04. The smallest absolute Gasteiger partial charge is 0.275 e. The Morgan fingerprint density at radius 1 is 1.12 bits per heavy atom. The van der Waals surface area contributed by atoms with Gasteiger partial charge in [0.05, 0.1) is 16.8 Å². The molecule has 1 saturated carbocycles. The van der Waals surface area contributed by atoms with E-state index in [4.69, 9.17) is 0 Å². The van der Waals surface area contributed by atoms with Crippen molar-refractivity contribution in [1.29, 1.82) is 0 Å². The normalized spacial score (nSPS) is 21.9. The van der Waals surface area contributed by atoms with Crippen molar-refractivity contribution in [2.24, 2.45) is 0 Å². The molecule has 1 aliphatic carbocycles. The molecule has 1 atom stereocenters. The van der Waals surface area contributed by atoms with E-state index in [2.05, 4.69) is 31.3 Å². The molecule has 1 aliphatic heterocycles. The largest absolute Gasteiger partial charge is 0.351 e. The molecule has 0 unspecified atom stereocenters. The minimum atomic E-state index is -1.01. The minimum Gasteiger partial charge on any atom is -0.351 e. The van der Waals surface area contributed by atoms with Crippen molar-refractivity contribution in [3.63, 3.8) is 0 Å². The van der Waals surface area contributed by atoms with Gasteiger partial charge in [0.1, 0.15) is 11.2 Å². The van der Waals surface area contributed by atoms with Gasteiger partial charge in [0.15, 0.2) is 0 Å². The van der Waals surface area contributed by atoms with Gasteiger partial charge < -0.3 is 9.88 Å². The molecule has 1 aromatic carbocycles. The molecule has 0 saturated heterocycles. The molecule has 0 radical (unpaired) electrons. The van der Waals surface area contributed by atoms with Gasteiger partial charge in [-0.1, -0.05) is 45.2 Å². The lowest BCUT2D eigenvalue weighted by Crippen LogP contribution is -2.65. The maximum Gasteiger partial charge on any atom is 0.275 e. The van der Waals surface area contributed by atoms with Crippen LogP contribution in [0.4, 0.5) is 5.69 Å². The van der Waals surface area contributed by atoms with Crippen LogP contribution in [0.15, 0.2) is 41.8 Å². The molecule has 168 valence electrons. The summed E-state index contributed by atoms with van der Waals surface area (Å²) < 4.78 is 3.12. The zero-order valence-electron chi connectivity index (χ0n) is 19.1. The summed E-state index contributed by atoms with van der Waals surface area (Å²) in [6.45, 7) is 6.67. The van der Waals surface area contributed by atoms with Gasteiger partial charge in [-0.15, -0.1) is 11.3 Å². The van der Waals surface area contributed by atoms with Crippen molar-refractivity contribution in [3.8, 4) is 0 Å². The second-order valence-electron chi connectivity index (χ2n) is 9.75. The van der Waals surface area contributed by atoms with Crippen molar-refractivity contribution >= 4 is 39.1 Å². The van der Waals surface area contributed by atoms with E-state index in [1.807, 2.05) is 41.1 Å². The number of aromatic nitrogens is 1. The highest BCUT2D eigenvalue weighted by molar-refractivity contribution is 7.17. The van der Waals surface area contributed by atoms with Crippen LogP contribution in [-0.2, 0) is 11.3 Å². The molecular formula is C26H31N3O2S. The average molecular weight is 450 g/mol. The van der Waals surface area contributed by atoms with Gasteiger partial charge in [-0.2, -0.15) is 0 Å². The van der Waals surface area contributed by atoms with Gasteiger partial charge in [-0.25, -0.2) is 0 Å². The second-order valence-corrected chi connectivity index (χ2v) is 10.7. The molecule has 1 N–H and O–H groups in total. The topological polar surface area (TPSA) is 54.3 Å². The van der Waals surface area contributed by atoms with Crippen LogP contribution in [-0.4, -0.2) is 28.0 Å². The summed E-state index contributed by atoms with van der Waals surface area (Å²) >= 11 is 1.63. The van der Waals surface area contributed by atoms with Crippen molar-refractivity contribution in [2.45, 2.75) is 76.9 Å². The van der Waals surface area contributed by atoms with Crippen LogP contribution in [0.25, 0.3) is 10.2 Å². The third kappa shape index (κ3) is 3.45. The summed E-state index contributed by atoms with van der Waals surface area (Å²) in [7, 11) is 0. The van der Waals surface area contributed by atoms with Gasteiger partial charge in [0.2, 0.25) is 5.91 Å². The van der Waals surface area contributed by atoms with E-state index in [0.717, 1.165) is 41.6 Å². The third-order valence-electron chi connectivity index (χ3n) is 7.15. The molecular weight excluding hydrogens is 418 g/mol. The molecule has 5 nitrogen and oxygen atoms in total. The van der Waals surface area contributed by atoms with Gasteiger partial charge in [0, 0.05) is 11.7 Å². The SMILES string of the molecule is CC(C)c1ccc(N2C(=O)c3cc4sccc4n3C[C@@]2(C)C(=O)NC2CCCCC2)cc1. The van der Waals surface area contributed by atoms with E-state index in [1.54, 1.807) is 16.2 Å². The van der Waals surface area contributed by atoms with E-state index in [0.29, 0.717) is 18.2 Å². The Bertz CT molecular complexity index is 1150. The molecule has 3 heterocycles. The number of fused-ring (bicyclic) bond motifs is 3. The molecule has 2 aromatic heterocycles. The van der Waals surface area contributed by atoms with Crippen LogP contribution in [0.1, 0.15) is 74.8 Å². The molecule has 32 heavy (non-hydrogen) atoms. The zero-order chi connectivity index (χ0) is 22.5. The van der Waals surface area contributed by atoms with Crippen molar-refractivity contribution in [1.82, 2.24) is 9.88 Å². The maximum absolute atomic E-state index is 13.8. The number of hydrogen-bond acceptors (Lipinski definition) is 3. The number of anilines is 1. The van der Waals surface area contributed by atoms with Gasteiger partial charge >= 0.3 is 0 Å². The summed E-state index contributed by atoms with van der Waals surface area (Å²) in [5.74, 6) is 0.234. The Labute approximate surface area is 193 Å². The standard InChI is InChI=1S/C26H31N3O2S/c1-17(2)18-9-11-20(12-10-18)29-24(30)22-15-23-21(13-14-32-23)28(22)16-26(29,3)25(31)27-19-7-5-4-6-8-19/h9-15,17,19H,4-8,16H2,1-3H3,(H,27,31)/t26-/m0/s1. The van der Waals surface area contributed by atoms with Crippen LogP contribution in [0.2, 0.25) is 0 Å². The van der Waals surface area contributed by atoms with Crippen LogP contribution < -0.4 is 10.2 Å². The molecule has 2 amide bonds. The average Bonchev–Trinajstić information content (AvgIpc) is 3.37. The first-order valence-corrected chi connectivity index (χ1v) is 12.6. The first-order chi connectivity index (χ1) is 15.4.